The van der Waals surface area contributed by atoms with Gasteiger partial charge in [-0.15, -0.1) is 0 Å². The molecule has 1 saturated carbocycles. The van der Waals surface area contributed by atoms with Gasteiger partial charge in [-0.05, 0) is 74.5 Å². The SMILES string of the molecule is CC(C)C(CC(=O)Nc1ccc(Cl)cn1)NC(=O)c1ccc(C2(CN3CCCC3)CC2)cc1. The Morgan fingerprint density at radius 2 is 1.79 bits per heavy atom. The van der Waals surface area contributed by atoms with E-state index in [1.54, 1.807) is 12.1 Å². The van der Waals surface area contributed by atoms with Gasteiger partial charge < -0.3 is 15.5 Å². The number of anilines is 1. The van der Waals surface area contributed by atoms with E-state index in [9.17, 15) is 9.59 Å². The highest BCUT2D eigenvalue weighted by Gasteiger charge is 2.45. The van der Waals surface area contributed by atoms with Gasteiger partial charge in [0.1, 0.15) is 5.82 Å². The summed E-state index contributed by atoms with van der Waals surface area (Å²) in [7, 11) is 0. The lowest BCUT2D eigenvalue weighted by Gasteiger charge is -2.24. The predicted octanol–water partition coefficient (Wildman–Crippen LogP) is 4.65. The van der Waals surface area contributed by atoms with Gasteiger partial charge in [0.05, 0.1) is 5.02 Å². The van der Waals surface area contributed by atoms with Gasteiger partial charge in [0.2, 0.25) is 5.91 Å². The van der Waals surface area contributed by atoms with Crippen LogP contribution in [0.5, 0.6) is 0 Å². The molecular formula is C26H33ClN4O2. The van der Waals surface area contributed by atoms with Crippen molar-refractivity contribution in [1.82, 2.24) is 15.2 Å². The maximum absolute atomic E-state index is 12.9. The van der Waals surface area contributed by atoms with E-state index in [0.717, 1.165) is 6.54 Å². The fourth-order valence-electron chi connectivity index (χ4n) is 4.58. The summed E-state index contributed by atoms with van der Waals surface area (Å²) in [5.74, 6) is 0.197. The minimum Gasteiger partial charge on any atom is -0.349 e. The number of hydrogen-bond donors (Lipinski definition) is 2. The average molecular weight is 469 g/mol. The molecule has 6 nitrogen and oxygen atoms in total. The van der Waals surface area contributed by atoms with Gasteiger partial charge in [0.15, 0.2) is 0 Å². The van der Waals surface area contributed by atoms with Crippen molar-refractivity contribution >= 4 is 29.2 Å². The highest BCUT2D eigenvalue weighted by molar-refractivity contribution is 6.30. The first kappa shape index (κ1) is 23.7. The van der Waals surface area contributed by atoms with Crippen LogP contribution >= 0.6 is 11.6 Å². The van der Waals surface area contributed by atoms with Gasteiger partial charge in [-0.1, -0.05) is 37.6 Å². The highest BCUT2D eigenvalue weighted by atomic mass is 35.5. The molecule has 2 aliphatic rings. The molecule has 2 N–H and O–H groups in total. The molecule has 1 saturated heterocycles. The molecule has 2 heterocycles. The Hall–Kier alpha value is -2.44. The van der Waals surface area contributed by atoms with E-state index < -0.39 is 0 Å². The number of aromatic nitrogens is 1. The lowest BCUT2D eigenvalue weighted by Crippen LogP contribution is -2.41. The molecule has 7 heteroatoms. The molecule has 0 bridgehead atoms. The van der Waals surface area contributed by atoms with Crippen LogP contribution < -0.4 is 10.6 Å². The molecule has 33 heavy (non-hydrogen) atoms. The number of amides is 2. The number of nitrogens with one attached hydrogen (secondary N) is 2. The Labute approximate surface area is 201 Å². The topological polar surface area (TPSA) is 74.3 Å². The van der Waals surface area contributed by atoms with Crippen molar-refractivity contribution in [1.29, 1.82) is 0 Å². The van der Waals surface area contributed by atoms with Gasteiger partial charge >= 0.3 is 0 Å². The van der Waals surface area contributed by atoms with E-state index in [0.29, 0.717) is 16.4 Å². The van der Waals surface area contributed by atoms with Crippen LogP contribution in [0.25, 0.3) is 0 Å². The first-order valence-corrected chi connectivity index (χ1v) is 12.3. The first-order valence-electron chi connectivity index (χ1n) is 11.9. The maximum atomic E-state index is 12.9. The molecule has 1 aromatic heterocycles. The van der Waals surface area contributed by atoms with Crippen molar-refractivity contribution < 1.29 is 9.59 Å². The predicted molar refractivity (Wildman–Crippen MR) is 132 cm³/mol. The largest absolute Gasteiger partial charge is 0.349 e. The minimum absolute atomic E-state index is 0.104. The van der Waals surface area contributed by atoms with E-state index in [4.69, 9.17) is 11.6 Å². The summed E-state index contributed by atoms with van der Waals surface area (Å²) in [6.45, 7) is 7.54. The number of benzene rings is 1. The van der Waals surface area contributed by atoms with Crippen LogP contribution in [0, 0.1) is 5.92 Å². The van der Waals surface area contributed by atoms with Crippen molar-refractivity contribution in [3.63, 3.8) is 0 Å². The fraction of sp³-hybridized carbons (Fsp3) is 0.500. The zero-order chi connectivity index (χ0) is 23.4. The Balaban J connectivity index is 1.34. The van der Waals surface area contributed by atoms with Gasteiger partial charge in [-0.2, -0.15) is 0 Å². The molecular weight excluding hydrogens is 436 g/mol. The number of likely N-dealkylation sites (tertiary alicyclic amines) is 1. The second kappa shape index (κ2) is 10.2. The average Bonchev–Trinajstić information content (AvgIpc) is 3.39. The summed E-state index contributed by atoms with van der Waals surface area (Å²) in [6, 6.07) is 11.1. The number of pyridine rings is 1. The molecule has 2 fully saturated rings. The standard InChI is InChI=1S/C26H33ClN4O2/c1-18(2)22(15-24(32)30-23-10-9-21(27)16-28-23)29-25(33)19-5-7-20(8-6-19)26(11-12-26)17-31-13-3-4-14-31/h5-10,16,18,22H,3-4,11-15,17H2,1-2H3,(H,29,33)(H,28,30,32). The third kappa shape index (κ3) is 6.12. The second-order valence-electron chi connectivity index (χ2n) is 9.78. The lowest BCUT2D eigenvalue weighted by atomic mass is 9.94. The van der Waals surface area contributed by atoms with Crippen LogP contribution in [0.3, 0.4) is 0 Å². The molecule has 1 atom stereocenters. The van der Waals surface area contributed by atoms with Crippen molar-refractivity contribution in [2.24, 2.45) is 5.92 Å². The lowest BCUT2D eigenvalue weighted by molar-refractivity contribution is -0.116. The summed E-state index contributed by atoms with van der Waals surface area (Å²) in [6.07, 6.45) is 6.72. The molecule has 0 radical (unpaired) electrons. The second-order valence-corrected chi connectivity index (χ2v) is 10.2. The Kier molecular flexibility index (Phi) is 7.35. The third-order valence-electron chi connectivity index (χ3n) is 6.86. The highest BCUT2D eigenvalue weighted by Crippen LogP contribution is 2.49. The summed E-state index contributed by atoms with van der Waals surface area (Å²) in [5.41, 5.74) is 2.23. The van der Waals surface area contributed by atoms with Gasteiger partial charge in [0.25, 0.3) is 5.91 Å². The Morgan fingerprint density at radius 1 is 1.09 bits per heavy atom. The number of nitrogens with zero attached hydrogens (tertiary/aromatic N) is 2. The van der Waals surface area contributed by atoms with Crippen molar-refractivity contribution in [2.75, 3.05) is 25.0 Å². The van der Waals surface area contributed by atoms with E-state index >= 15 is 0 Å². The van der Waals surface area contributed by atoms with Gasteiger partial charge in [-0.25, -0.2) is 4.98 Å². The first-order chi connectivity index (χ1) is 15.8. The van der Waals surface area contributed by atoms with E-state index in [-0.39, 0.29) is 35.6 Å². The van der Waals surface area contributed by atoms with Crippen LogP contribution in [0.1, 0.15) is 61.9 Å². The van der Waals surface area contributed by atoms with Crippen LogP contribution in [0.4, 0.5) is 5.82 Å². The van der Waals surface area contributed by atoms with E-state index in [1.807, 2.05) is 26.0 Å². The molecule has 4 rings (SSSR count). The molecule has 1 aliphatic heterocycles. The monoisotopic (exact) mass is 468 g/mol. The minimum atomic E-state index is -0.283. The fourth-order valence-corrected chi connectivity index (χ4v) is 4.69. The molecule has 1 unspecified atom stereocenters. The molecule has 0 spiro atoms. The van der Waals surface area contributed by atoms with Crippen LogP contribution in [0.15, 0.2) is 42.6 Å². The van der Waals surface area contributed by atoms with Gasteiger partial charge in [-0.3, -0.25) is 9.59 Å². The molecule has 1 aromatic carbocycles. The molecule has 2 aromatic rings. The third-order valence-corrected chi connectivity index (χ3v) is 7.08. The molecule has 1 aliphatic carbocycles. The van der Waals surface area contributed by atoms with Crippen molar-refractivity contribution in [3.8, 4) is 0 Å². The number of rotatable bonds is 9. The quantitative estimate of drug-likeness (QED) is 0.562. The zero-order valence-corrected chi connectivity index (χ0v) is 20.2. The maximum Gasteiger partial charge on any atom is 0.251 e. The Bertz CT molecular complexity index is 965. The van der Waals surface area contributed by atoms with Crippen molar-refractivity contribution in [3.05, 3.63) is 58.7 Å². The summed E-state index contributed by atoms with van der Waals surface area (Å²) in [5, 5.41) is 6.31. The summed E-state index contributed by atoms with van der Waals surface area (Å²) in [4.78, 5) is 32.1. The number of carbonyl (C=O) groups is 2. The van der Waals surface area contributed by atoms with Crippen LogP contribution in [-0.2, 0) is 10.2 Å². The number of halogens is 1. The smallest absolute Gasteiger partial charge is 0.251 e. The Morgan fingerprint density at radius 3 is 2.36 bits per heavy atom. The number of hydrogen-bond acceptors (Lipinski definition) is 4. The van der Waals surface area contributed by atoms with E-state index in [1.165, 1.54) is 50.5 Å². The molecule has 176 valence electrons. The molecule has 2 amide bonds. The normalized spacial score (nSPS) is 18.2. The number of carbonyl (C=O) groups excluding carboxylic acids is 2. The summed E-state index contributed by atoms with van der Waals surface area (Å²) >= 11 is 5.84. The zero-order valence-electron chi connectivity index (χ0n) is 19.4. The van der Waals surface area contributed by atoms with Crippen molar-refractivity contribution in [2.45, 2.75) is 57.4 Å². The summed E-state index contributed by atoms with van der Waals surface area (Å²) < 4.78 is 0. The van der Waals surface area contributed by atoms with Crippen LogP contribution in [-0.4, -0.2) is 47.4 Å². The van der Waals surface area contributed by atoms with Crippen LogP contribution in [0.2, 0.25) is 5.02 Å². The van der Waals surface area contributed by atoms with Gasteiger partial charge in [0, 0.05) is 36.2 Å². The van der Waals surface area contributed by atoms with E-state index in [2.05, 4.69) is 32.7 Å².